The number of morpholine rings is 1. The van der Waals surface area contributed by atoms with E-state index >= 15 is 0 Å². The van der Waals surface area contributed by atoms with Crippen molar-refractivity contribution in [3.05, 3.63) is 95.6 Å². The molecule has 32 heavy (non-hydrogen) atoms. The van der Waals surface area contributed by atoms with Crippen LogP contribution in [0.5, 0.6) is 0 Å². The highest BCUT2D eigenvalue weighted by atomic mass is 19.1. The van der Waals surface area contributed by atoms with Gasteiger partial charge in [-0.1, -0.05) is 24.3 Å². The zero-order valence-corrected chi connectivity index (χ0v) is 17.1. The van der Waals surface area contributed by atoms with Crippen molar-refractivity contribution in [2.75, 3.05) is 18.5 Å². The first-order chi connectivity index (χ1) is 15.5. The number of ether oxygens (including phenoxy) is 1. The van der Waals surface area contributed by atoms with Crippen LogP contribution in [0.3, 0.4) is 0 Å². The Morgan fingerprint density at radius 2 is 2.00 bits per heavy atom. The molecule has 0 bridgehead atoms. The number of anilines is 1. The third-order valence-corrected chi connectivity index (χ3v) is 5.30. The minimum Gasteiger partial charge on any atom is -0.394 e. The van der Waals surface area contributed by atoms with Gasteiger partial charge < -0.3 is 20.1 Å². The number of nitrogens with zero attached hydrogens (tertiary/aromatic N) is 2. The highest BCUT2D eigenvalue weighted by Crippen LogP contribution is 2.31. The molecule has 8 heteroatoms. The number of nitrogens with one attached hydrogen (secondary N) is 1. The second-order valence-corrected chi connectivity index (χ2v) is 7.45. The molecule has 4 rings (SSSR count). The van der Waals surface area contributed by atoms with Crippen LogP contribution in [0.25, 0.3) is 0 Å². The van der Waals surface area contributed by atoms with E-state index in [4.69, 9.17) is 4.74 Å². The zero-order valence-electron chi connectivity index (χ0n) is 17.1. The van der Waals surface area contributed by atoms with Crippen molar-refractivity contribution >= 4 is 17.5 Å². The number of rotatable bonds is 6. The van der Waals surface area contributed by atoms with Crippen molar-refractivity contribution in [1.29, 1.82) is 0 Å². The number of amides is 2. The Bertz CT molecular complexity index is 1090. The summed E-state index contributed by atoms with van der Waals surface area (Å²) in [5.74, 6) is -1.11. The smallest absolute Gasteiger partial charge is 0.255 e. The van der Waals surface area contributed by atoms with Gasteiger partial charge in [-0.2, -0.15) is 0 Å². The number of aliphatic hydroxyl groups excluding tert-OH is 1. The predicted octanol–water partition coefficient (Wildman–Crippen LogP) is 2.93. The molecule has 1 aliphatic heterocycles. The number of carbonyl (C=O) groups is 2. The Balaban J connectivity index is 1.48. The second-order valence-electron chi connectivity index (χ2n) is 7.45. The number of aromatic nitrogens is 1. The van der Waals surface area contributed by atoms with E-state index in [0.717, 1.165) is 11.1 Å². The van der Waals surface area contributed by atoms with Crippen LogP contribution in [0.2, 0.25) is 0 Å². The highest BCUT2D eigenvalue weighted by molar-refractivity contribution is 6.04. The van der Waals surface area contributed by atoms with Gasteiger partial charge in [0.25, 0.3) is 5.91 Å². The van der Waals surface area contributed by atoms with Crippen molar-refractivity contribution in [3.63, 3.8) is 0 Å². The maximum absolute atomic E-state index is 13.3. The summed E-state index contributed by atoms with van der Waals surface area (Å²) >= 11 is 0. The number of carbonyl (C=O) groups excluding carboxylic acids is 2. The van der Waals surface area contributed by atoms with E-state index in [1.807, 2.05) is 6.07 Å². The summed E-state index contributed by atoms with van der Waals surface area (Å²) in [6.07, 6.45) is 2.82. The first-order valence-corrected chi connectivity index (χ1v) is 10.1. The van der Waals surface area contributed by atoms with E-state index in [0.29, 0.717) is 12.2 Å². The molecule has 1 aliphatic rings. The van der Waals surface area contributed by atoms with E-state index in [1.165, 1.54) is 24.3 Å². The Morgan fingerprint density at radius 3 is 2.69 bits per heavy atom. The average Bonchev–Trinajstić information content (AvgIpc) is 2.81. The molecule has 1 fully saturated rings. The van der Waals surface area contributed by atoms with Gasteiger partial charge in [-0.15, -0.1) is 0 Å². The Morgan fingerprint density at radius 1 is 1.19 bits per heavy atom. The summed E-state index contributed by atoms with van der Waals surface area (Å²) in [5, 5.41) is 12.8. The first kappa shape index (κ1) is 21.6. The van der Waals surface area contributed by atoms with Crippen LogP contribution in [0.15, 0.2) is 73.1 Å². The van der Waals surface area contributed by atoms with E-state index in [2.05, 4.69) is 10.3 Å². The minimum absolute atomic E-state index is 0.0977. The maximum atomic E-state index is 13.3. The Hall–Kier alpha value is -3.62. The van der Waals surface area contributed by atoms with Crippen LogP contribution in [0.1, 0.15) is 27.6 Å². The molecule has 0 spiro atoms. The second kappa shape index (κ2) is 9.67. The molecule has 1 saturated heterocycles. The number of pyridine rings is 1. The topological polar surface area (TPSA) is 91.8 Å². The van der Waals surface area contributed by atoms with E-state index < -0.39 is 23.9 Å². The molecule has 3 aromatic rings. The van der Waals surface area contributed by atoms with Gasteiger partial charge in [0.05, 0.1) is 12.6 Å². The molecular formula is C24H22FN3O4. The van der Waals surface area contributed by atoms with Crippen molar-refractivity contribution in [2.45, 2.75) is 18.7 Å². The first-order valence-electron chi connectivity index (χ1n) is 10.1. The number of benzene rings is 2. The lowest BCUT2D eigenvalue weighted by Gasteiger charge is -2.40. The van der Waals surface area contributed by atoms with Gasteiger partial charge in [-0.25, -0.2) is 4.39 Å². The number of hydrogen-bond acceptors (Lipinski definition) is 5. The number of hydrogen-bond donors (Lipinski definition) is 2. The third-order valence-electron chi connectivity index (χ3n) is 5.30. The highest BCUT2D eigenvalue weighted by Gasteiger charge is 2.37. The van der Waals surface area contributed by atoms with Crippen LogP contribution in [-0.2, 0) is 16.1 Å². The molecule has 0 saturated carbocycles. The van der Waals surface area contributed by atoms with Gasteiger partial charge in [0, 0.05) is 30.2 Å². The molecule has 164 valence electrons. The predicted molar refractivity (Wildman–Crippen MR) is 115 cm³/mol. The summed E-state index contributed by atoms with van der Waals surface area (Å²) in [5.41, 5.74) is 2.36. The molecular weight excluding hydrogens is 413 g/mol. The summed E-state index contributed by atoms with van der Waals surface area (Å²) in [6.45, 7) is -0.0479. The molecule has 2 amide bonds. The number of halogens is 1. The Labute approximate surface area is 184 Å². The van der Waals surface area contributed by atoms with E-state index in [1.54, 1.807) is 47.6 Å². The summed E-state index contributed by atoms with van der Waals surface area (Å²) in [7, 11) is 0. The molecule has 2 atom stereocenters. The quantitative estimate of drug-likeness (QED) is 0.621. The van der Waals surface area contributed by atoms with Crippen LogP contribution >= 0.6 is 0 Å². The van der Waals surface area contributed by atoms with Crippen LogP contribution in [-0.4, -0.2) is 46.1 Å². The lowest BCUT2D eigenvalue weighted by Crippen LogP contribution is -2.52. The zero-order chi connectivity index (χ0) is 22.5. The largest absolute Gasteiger partial charge is 0.394 e. The minimum atomic E-state index is -0.566. The van der Waals surface area contributed by atoms with Crippen molar-refractivity contribution in [1.82, 2.24) is 9.88 Å². The van der Waals surface area contributed by atoms with Gasteiger partial charge >= 0.3 is 0 Å². The number of aliphatic hydroxyl groups is 1. The van der Waals surface area contributed by atoms with Gasteiger partial charge in [0.15, 0.2) is 0 Å². The molecule has 7 nitrogen and oxygen atoms in total. The monoisotopic (exact) mass is 435 g/mol. The van der Waals surface area contributed by atoms with Gasteiger partial charge in [0.1, 0.15) is 18.5 Å². The van der Waals surface area contributed by atoms with Crippen molar-refractivity contribution in [3.8, 4) is 0 Å². The average molecular weight is 435 g/mol. The molecule has 0 radical (unpaired) electrons. The molecule has 0 aliphatic carbocycles. The molecule has 1 aromatic heterocycles. The molecule has 2 aromatic carbocycles. The van der Waals surface area contributed by atoms with E-state index in [9.17, 15) is 19.1 Å². The molecule has 2 N–H and O–H groups in total. The third kappa shape index (κ3) is 4.82. The van der Waals surface area contributed by atoms with Crippen molar-refractivity contribution < 1.29 is 23.8 Å². The SMILES string of the molecule is O=C(Nc1ccc(C2OCC(=O)N(Cc3cccnc3)C2CO)cc1)c1cccc(F)c1. The van der Waals surface area contributed by atoms with Crippen LogP contribution in [0, 0.1) is 5.82 Å². The standard InChI is InChI=1S/C24H22FN3O4/c25-19-5-1-4-18(11-19)24(31)27-20-8-6-17(7-9-20)23-21(14-29)28(22(30)15-32-23)13-16-3-2-10-26-12-16/h1-12,21,23,29H,13-15H2,(H,27,31). The summed E-state index contributed by atoms with van der Waals surface area (Å²) < 4.78 is 19.1. The van der Waals surface area contributed by atoms with Crippen LogP contribution in [0.4, 0.5) is 10.1 Å². The molecule has 2 unspecified atom stereocenters. The maximum Gasteiger partial charge on any atom is 0.255 e. The lowest BCUT2D eigenvalue weighted by molar-refractivity contribution is -0.162. The van der Waals surface area contributed by atoms with E-state index in [-0.39, 0.29) is 24.7 Å². The fraction of sp³-hybridized carbons (Fsp3) is 0.208. The molecule has 2 heterocycles. The van der Waals surface area contributed by atoms with Gasteiger partial charge in [-0.05, 0) is 47.5 Å². The fourth-order valence-corrected chi connectivity index (χ4v) is 3.70. The lowest BCUT2D eigenvalue weighted by atomic mass is 9.98. The van der Waals surface area contributed by atoms with Crippen molar-refractivity contribution in [2.24, 2.45) is 0 Å². The Kier molecular flexibility index (Phi) is 6.53. The van der Waals surface area contributed by atoms with Crippen LogP contribution < -0.4 is 5.32 Å². The fourth-order valence-electron chi connectivity index (χ4n) is 3.70. The normalized spacial score (nSPS) is 18.4. The summed E-state index contributed by atoms with van der Waals surface area (Å²) in [4.78, 5) is 30.5. The summed E-state index contributed by atoms with van der Waals surface area (Å²) in [6, 6.07) is 15.5. The van der Waals surface area contributed by atoms with Gasteiger partial charge in [-0.3, -0.25) is 14.6 Å². The van der Waals surface area contributed by atoms with Gasteiger partial charge in [0.2, 0.25) is 5.91 Å².